The van der Waals surface area contributed by atoms with Gasteiger partial charge in [0.15, 0.2) is 6.10 Å². The van der Waals surface area contributed by atoms with Crippen LogP contribution in [-0.4, -0.2) is 24.0 Å². The number of aliphatic carboxylic acids is 1. The Balaban J connectivity index is 1.57. The van der Waals surface area contributed by atoms with E-state index >= 15 is 0 Å². The van der Waals surface area contributed by atoms with Gasteiger partial charge >= 0.3 is 5.63 Å². The minimum atomic E-state index is -1.37. The van der Waals surface area contributed by atoms with Crippen LogP contribution in [0.1, 0.15) is 35.6 Å². The third kappa shape index (κ3) is 4.37. The number of amides is 1. The van der Waals surface area contributed by atoms with Crippen LogP contribution in [0, 0.1) is 6.92 Å². The third-order valence-electron chi connectivity index (χ3n) is 5.74. The van der Waals surface area contributed by atoms with E-state index in [1.165, 1.54) is 0 Å². The molecule has 7 nitrogen and oxygen atoms in total. The average molecular weight is 434 g/mol. The van der Waals surface area contributed by atoms with Crippen LogP contribution in [0.5, 0.6) is 5.75 Å². The molecule has 1 heterocycles. The van der Waals surface area contributed by atoms with Gasteiger partial charge in [-0.2, -0.15) is 0 Å². The monoisotopic (exact) mass is 434 g/mol. The molecular weight excluding hydrogens is 410 g/mol. The number of fused-ring (bicyclic) bond motifs is 3. The predicted octanol–water partition coefficient (Wildman–Crippen LogP) is 1.83. The lowest BCUT2D eigenvalue weighted by molar-refractivity contribution is -0.308. The van der Waals surface area contributed by atoms with Gasteiger partial charge in [-0.25, -0.2) is 4.79 Å². The molecule has 1 aromatic heterocycles. The number of benzene rings is 2. The molecule has 2 aromatic carbocycles. The lowest BCUT2D eigenvalue weighted by Crippen LogP contribution is -2.52. The maximum absolute atomic E-state index is 12.8. The first-order valence-electron chi connectivity index (χ1n) is 10.6. The normalized spacial score (nSPS) is 14.6. The molecule has 0 aliphatic heterocycles. The summed E-state index contributed by atoms with van der Waals surface area (Å²) in [6.07, 6.45) is 1.38. The standard InChI is InChI=1S/C25H25NO6/c1-14-11-20(22-17-9-6-10-18(17)25(30)32-21(22)12-14)31-15(2)23(27)26-19(24(28)29)13-16-7-4-3-5-8-16/h3-5,7-8,11-12,15,19H,6,9-10,13H2,1-2H3,(H,26,27)(H,28,29)/p-1/t15-,19+/m1/s1. The molecule has 166 valence electrons. The van der Waals surface area contributed by atoms with E-state index in [4.69, 9.17) is 9.15 Å². The van der Waals surface area contributed by atoms with Crippen molar-refractivity contribution in [2.75, 3.05) is 0 Å². The minimum absolute atomic E-state index is 0.105. The van der Waals surface area contributed by atoms with Crippen molar-refractivity contribution >= 4 is 22.8 Å². The fourth-order valence-electron chi connectivity index (χ4n) is 4.17. The number of carboxylic acid groups (broad SMARTS) is 1. The number of rotatable bonds is 7. The second-order valence-electron chi connectivity index (χ2n) is 8.17. The fourth-order valence-corrected chi connectivity index (χ4v) is 4.17. The summed E-state index contributed by atoms with van der Waals surface area (Å²) in [7, 11) is 0. The van der Waals surface area contributed by atoms with Crippen molar-refractivity contribution in [3.63, 3.8) is 0 Å². The van der Waals surface area contributed by atoms with E-state index in [1.54, 1.807) is 43.3 Å². The molecule has 0 spiro atoms. The SMILES string of the molecule is Cc1cc(O[C@H](C)C(=O)N[C@@H](Cc2ccccc2)C(=O)[O-])c2c3c(c(=O)oc2c1)CCC3. The first-order valence-corrected chi connectivity index (χ1v) is 10.6. The van der Waals surface area contributed by atoms with E-state index in [-0.39, 0.29) is 12.0 Å². The van der Waals surface area contributed by atoms with Gasteiger partial charge in [-0.3, -0.25) is 4.79 Å². The maximum Gasteiger partial charge on any atom is 0.339 e. The van der Waals surface area contributed by atoms with Crippen molar-refractivity contribution < 1.29 is 23.8 Å². The molecule has 3 aromatic rings. The summed E-state index contributed by atoms with van der Waals surface area (Å²) in [4.78, 5) is 36.6. The van der Waals surface area contributed by atoms with E-state index in [0.717, 1.165) is 29.5 Å². The van der Waals surface area contributed by atoms with Crippen molar-refractivity contribution in [1.29, 1.82) is 0 Å². The van der Waals surface area contributed by atoms with Gasteiger partial charge in [-0.05, 0) is 68.4 Å². The summed E-state index contributed by atoms with van der Waals surface area (Å²) >= 11 is 0. The van der Waals surface area contributed by atoms with Gasteiger partial charge in [0.25, 0.3) is 5.91 Å². The lowest BCUT2D eigenvalue weighted by atomic mass is 10.0. The molecule has 1 aliphatic rings. The number of aryl methyl sites for hydroxylation is 2. The Morgan fingerprint density at radius 2 is 1.88 bits per heavy atom. The molecule has 32 heavy (non-hydrogen) atoms. The molecule has 0 radical (unpaired) electrons. The van der Waals surface area contributed by atoms with E-state index in [9.17, 15) is 19.5 Å². The number of ether oxygens (including phenoxy) is 1. The van der Waals surface area contributed by atoms with Crippen molar-refractivity contribution in [2.24, 2.45) is 0 Å². The van der Waals surface area contributed by atoms with Crippen LogP contribution in [0.15, 0.2) is 51.7 Å². The number of carboxylic acids is 1. The Morgan fingerprint density at radius 1 is 1.16 bits per heavy atom. The highest BCUT2D eigenvalue weighted by molar-refractivity contribution is 5.90. The van der Waals surface area contributed by atoms with Crippen LogP contribution in [0.3, 0.4) is 0 Å². The van der Waals surface area contributed by atoms with Gasteiger partial charge in [-0.15, -0.1) is 0 Å². The predicted molar refractivity (Wildman–Crippen MR) is 116 cm³/mol. The molecule has 1 amide bonds. The summed E-state index contributed by atoms with van der Waals surface area (Å²) < 4.78 is 11.5. The van der Waals surface area contributed by atoms with E-state index in [2.05, 4.69) is 5.32 Å². The zero-order valence-corrected chi connectivity index (χ0v) is 18.0. The van der Waals surface area contributed by atoms with Crippen LogP contribution < -0.4 is 20.8 Å². The first kappa shape index (κ1) is 21.6. The maximum atomic E-state index is 12.8. The summed E-state index contributed by atoms with van der Waals surface area (Å²) in [6.45, 7) is 3.40. The molecule has 4 rings (SSSR count). The summed E-state index contributed by atoms with van der Waals surface area (Å²) in [5, 5.41) is 14.8. The van der Waals surface area contributed by atoms with Gasteiger partial charge in [0.05, 0.1) is 17.4 Å². The van der Waals surface area contributed by atoms with E-state index < -0.39 is 24.0 Å². The molecular formula is C25H24NO6-. The molecule has 0 saturated carbocycles. The highest BCUT2D eigenvalue weighted by Crippen LogP contribution is 2.35. The van der Waals surface area contributed by atoms with E-state index in [0.29, 0.717) is 28.7 Å². The number of carbonyl (C=O) groups excluding carboxylic acids is 2. The van der Waals surface area contributed by atoms with Crippen LogP contribution >= 0.6 is 0 Å². The summed E-state index contributed by atoms with van der Waals surface area (Å²) in [6, 6.07) is 11.4. The Morgan fingerprint density at radius 3 is 2.59 bits per heavy atom. The zero-order chi connectivity index (χ0) is 22.8. The Kier molecular flexibility index (Phi) is 5.99. The number of hydrogen-bond donors (Lipinski definition) is 1. The second-order valence-corrected chi connectivity index (χ2v) is 8.17. The van der Waals surface area contributed by atoms with Crippen molar-refractivity contribution in [2.45, 2.75) is 51.7 Å². The molecule has 0 fully saturated rings. The first-order chi connectivity index (χ1) is 15.3. The number of hydrogen-bond acceptors (Lipinski definition) is 6. The van der Waals surface area contributed by atoms with Gasteiger partial charge < -0.3 is 24.4 Å². The smallest absolute Gasteiger partial charge is 0.339 e. The van der Waals surface area contributed by atoms with Crippen LogP contribution in [-0.2, 0) is 28.9 Å². The molecule has 1 aliphatic carbocycles. The minimum Gasteiger partial charge on any atom is -0.548 e. The zero-order valence-electron chi connectivity index (χ0n) is 18.0. The largest absolute Gasteiger partial charge is 0.548 e. The van der Waals surface area contributed by atoms with Gasteiger partial charge in [0.2, 0.25) is 0 Å². The van der Waals surface area contributed by atoms with Crippen molar-refractivity contribution in [1.82, 2.24) is 5.32 Å². The molecule has 0 saturated heterocycles. The Bertz CT molecular complexity index is 1230. The number of nitrogens with one attached hydrogen (secondary N) is 1. The van der Waals surface area contributed by atoms with Crippen LogP contribution in [0.4, 0.5) is 0 Å². The van der Waals surface area contributed by atoms with Crippen molar-refractivity contribution in [3.05, 3.63) is 75.1 Å². The Labute approximate surface area is 185 Å². The van der Waals surface area contributed by atoms with Crippen LogP contribution in [0.2, 0.25) is 0 Å². The quantitative estimate of drug-likeness (QED) is 0.569. The van der Waals surface area contributed by atoms with Gasteiger partial charge in [-0.1, -0.05) is 30.3 Å². The molecule has 1 N–H and O–H groups in total. The highest BCUT2D eigenvalue weighted by atomic mass is 16.5. The van der Waals surface area contributed by atoms with Crippen LogP contribution in [0.25, 0.3) is 11.0 Å². The summed E-state index contributed by atoms with van der Waals surface area (Å²) in [5.41, 5.74) is 3.24. The van der Waals surface area contributed by atoms with Crippen molar-refractivity contribution in [3.8, 4) is 5.75 Å². The molecule has 0 unspecified atom stereocenters. The van der Waals surface area contributed by atoms with Gasteiger partial charge in [0, 0.05) is 5.56 Å². The average Bonchev–Trinajstić information content (AvgIpc) is 3.24. The number of carbonyl (C=O) groups is 2. The topological polar surface area (TPSA) is 109 Å². The van der Waals surface area contributed by atoms with Gasteiger partial charge in [0.1, 0.15) is 11.3 Å². The highest BCUT2D eigenvalue weighted by Gasteiger charge is 2.25. The Hall–Kier alpha value is -3.61. The third-order valence-corrected chi connectivity index (χ3v) is 5.74. The molecule has 7 heteroatoms. The molecule has 0 bridgehead atoms. The summed E-state index contributed by atoms with van der Waals surface area (Å²) in [5.74, 6) is -1.49. The fraction of sp³-hybridized carbons (Fsp3) is 0.320. The lowest BCUT2D eigenvalue weighted by Gasteiger charge is -2.23. The molecule has 2 atom stereocenters. The van der Waals surface area contributed by atoms with E-state index in [1.807, 2.05) is 13.0 Å². The second kappa shape index (κ2) is 8.86.